The summed E-state index contributed by atoms with van der Waals surface area (Å²) in [5.41, 5.74) is -6.01. The Morgan fingerprint density at radius 3 is 1.70 bits per heavy atom. The van der Waals surface area contributed by atoms with Crippen LogP contribution in [0.5, 0.6) is 0 Å². The van der Waals surface area contributed by atoms with Crippen LogP contribution >= 0.6 is 0 Å². The number of carbonyl (C=O) groups excluding carboxylic acids is 2. The smallest absolute Gasteiger partial charge is 0.417 e. The van der Waals surface area contributed by atoms with Gasteiger partial charge >= 0.3 is 30.0 Å². The van der Waals surface area contributed by atoms with E-state index in [2.05, 4.69) is 9.47 Å². The number of hydrogen-bond acceptors (Lipinski definition) is 6. The summed E-state index contributed by atoms with van der Waals surface area (Å²) in [5, 5.41) is 10.4. The van der Waals surface area contributed by atoms with E-state index in [1.165, 1.54) is 0 Å². The lowest BCUT2D eigenvalue weighted by Gasteiger charge is -2.11. The number of nitro benzene ring substituents is 1. The molecule has 180 valence electrons. The van der Waals surface area contributed by atoms with Gasteiger partial charge in [0.05, 0.1) is 41.4 Å². The predicted octanol–water partition coefficient (Wildman–Crippen LogP) is 5.17. The third-order valence-electron chi connectivity index (χ3n) is 3.69. The molecule has 0 aliphatic rings. The van der Waals surface area contributed by atoms with E-state index >= 15 is 0 Å². The van der Waals surface area contributed by atoms with Crippen molar-refractivity contribution in [2.24, 2.45) is 0 Å². The van der Waals surface area contributed by atoms with Gasteiger partial charge in [0.15, 0.2) is 0 Å². The summed E-state index contributed by atoms with van der Waals surface area (Å²) >= 11 is 0. The van der Waals surface area contributed by atoms with E-state index in [1.54, 1.807) is 0 Å². The molecule has 0 atom stereocenters. The van der Waals surface area contributed by atoms with Crippen molar-refractivity contribution in [2.75, 3.05) is 14.2 Å². The molecule has 0 aliphatic heterocycles. The number of ether oxygens (including phenoxy) is 2. The molecule has 0 unspecified atom stereocenters. The lowest BCUT2D eigenvalue weighted by atomic mass is 10.1. The Morgan fingerprint density at radius 1 is 0.818 bits per heavy atom. The van der Waals surface area contributed by atoms with Gasteiger partial charge in [-0.25, -0.2) is 14.0 Å². The van der Waals surface area contributed by atoms with Gasteiger partial charge in [0.1, 0.15) is 5.82 Å². The number of nitrogens with zero attached hydrogens (tertiary/aromatic N) is 1. The second-order valence-corrected chi connectivity index (χ2v) is 5.77. The molecule has 7 nitrogen and oxygen atoms in total. The highest BCUT2D eigenvalue weighted by Crippen LogP contribution is 2.35. The molecule has 0 amide bonds. The second kappa shape index (κ2) is 10.2. The van der Waals surface area contributed by atoms with Crippen molar-refractivity contribution in [3.63, 3.8) is 0 Å². The van der Waals surface area contributed by atoms with E-state index in [0.29, 0.717) is 0 Å². The van der Waals surface area contributed by atoms with Gasteiger partial charge in [-0.2, -0.15) is 30.7 Å². The minimum atomic E-state index is -5.03. The molecule has 0 heterocycles. The number of rotatable bonds is 3. The third kappa shape index (κ3) is 6.85. The first kappa shape index (κ1) is 27.3. The van der Waals surface area contributed by atoms with E-state index in [-0.39, 0.29) is 18.2 Å². The summed E-state index contributed by atoms with van der Waals surface area (Å²) in [4.78, 5) is 31.2. The van der Waals surface area contributed by atoms with Crippen molar-refractivity contribution in [3.05, 3.63) is 74.3 Å². The fraction of sp³-hybridized carbons (Fsp3) is 0.222. The topological polar surface area (TPSA) is 95.7 Å². The molecule has 0 fully saturated rings. The highest BCUT2D eigenvalue weighted by atomic mass is 19.4. The summed E-state index contributed by atoms with van der Waals surface area (Å²) in [6, 6.07) is 1.85. The third-order valence-corrected chi connectivity index (χ3v) is 3.69. The van der Waals surface area contributed by atoms with Gasteiger partial charge < -0.3 is 9.47 Å². The molecule has 2 aromatic rings. The van der Waals surface area contributed by atoms with Crippen molar-refractivity contribution < 1.29 is 59.1 Å². The maximum atomic E-state index is 13.1. The van der Waals surface area contributed by atoms with E-state index in [4.69, 9.17) is 0 Å². The van der Waals surface area contributed by atoms with Crippen molar-refractivity contribution >= 4 is 17.6 Å². The number of hydrogen-bond donors (Lipinski definition) is 0. The van der Waals surface area contributed by atoms with Gasteiger partial charge in [-0.15, -0.1) is 0 Å². The molecule has 0 spiro atoms. The number of nitro groups is 1. The number of esters is 2. The van der Waals surface area contributed by atoms with Crippen LogP contribution in [0.25, 0.3) is 0 Å². The van der Waals surface area contributed by atoms with Gasteiger partial charge in [-0.3, -0.25) is 10.1 Å². The average Bonchev–Trinajstić information content (AvgIpc) is 2.71. The largest absolute Gasteiger partial charge is 0.465 e. The van der Waals surface area contributed by atoms with E-state index in [0.717, 1.165) is 26.4 Å². The zero-order valence-corrected chi connectivity index (χ0v) is 16.3. The highest BCUT2D eigenvalue weighted by molar-refractivity contribution is 5.92. The summed E-state index contributed by atoms with van der Waals surface area (Å²) < 4.78 is 108. The second-order valence-electron chi connectivity index (χ2n) is 5.77. The summed E-state index contributed by atoms with van der Waals surface area (Å²) in [6.45, 7) is 0. The lowest BCUT2D eigenvalue weighted by Crippen LogP contribution is -2.15. The molecule has 2 rings (SSSR count). The van der Waals surface area contributed by atoms with Gasteiger partial charge in [0.25, 0.3) is 0 Å². The van der Waals surface area contributed by atoms with E-state index in [1.807, 2.05) is 0 Å². The van der Waals surface area contributed by atoms with Gasteiger partial charge in [0.2, 0.25) is 5.82 Å². The molecule has 2 aromatic carbocycles. The number of halogens is 8. The van der Waals surface area contributed by atoms with Gasteiger partial charge in [0, 0.05) is 6.07 Å². The Hall–Kier alpha value is -3.78. The minimum absolute atomic E-state index is 0.107. The molecule has 0 saturated heterocycles. The van der Waals surface area contributed by atoms with E-state index < -0.39 is 68.8 Å². The fourth-order valence-electron chi connectivity index (χ4n) is 2.25. The first-order valence-electron chi connectivity index (χ1n) is 8.13. The number of carbonyl (C=O) groups is 2. The zero-order chi connectivity index (χ0) is 25.7. The molecule has 0 N–H and O–H groups in total. The van der Waals surface area contributed by atoms with Crippen molar-refractivity contribution in [2.45, 2.75) is 12.4 Å². The SMILES string of the molecule is COC(=O)c1cc([N+](=O)[O-])c(F)cc1C(F)(F)F.COC(=O)c1ccc(F)cc1C(F)(F)F. The Morgan fingerprint density at radius 2 is 1.27 bits per heavy atom. The van der Waals surface area contributed by atoms with Crippen LogP contribution in [0.15, 0.2) is 30.3 Å². The van der Waals surface area contributed by atoms with Crippen molar-refractivity contribution in [1.29, 1.82) is 0 Å². The van der Waals surface area contributed by atoms with Crippen LogP contribution in [0.1, 0.15) is 31.8 Å². The first-order valence-corrected chi connectivity index (χ1v) is 8.13. The highest BCUT2D eigenvalue weighted by Gasteiger charge is 2.38. The summed E-state index contributed by atoms with van der Waals surface area (Å²) in [5.74, 6) is -5.33. The van der Waals surface area contributed by atoms with Gasteiger partial charge in [-0.05, 0) is 24.3 Å². The van der Waals surface area contributed by atoms with Crippen LogP contribution in [-0.2, 0) is 21.8 Å². The molecule has 0 aromatic heterocycles. The monoisotopic (exact) mass is 489 g/mol. The van der Waals surface area contributed by atoms with Crippen LogP contribution in [0.3, 0.4) is 0 Å². The molecule has 15 heteroatoms. The number of benzene rings is 2. The average molecular weight is 489 g/mol. The molecule has 0 aliphatic carbocycles. The Labute approximate surface area is 178 Å². The fourth-order valence-corrected chi connectivity index (χ4v) is 2.25. The maximum Gasteiger partial charge on any atom is 0.417 e. The van der Waals surface area contributed by atoms with Crippen molar-refractivity contribution in [3.8, 4) is 0 Å². The number of alkyl halides is 6. The van der Waals surface area contributed by atoms with Crippen molar-refractivity contribution in [1.82, 2.24) is 0 Å². The molecule has 0 saturated carbocycles. The van der Waals surface area contributed by atoms with E-state index in [9.17, 15) is 54.8 Å². The normalized spacial score (nSPS) is 11.2. The molecule has 33 heavy (non-hydrogen) atoms. The number of methoxy groups -OCH3 is 2. The van der Waals surface area contributed by atoms with Gasteiger partial charge in [-0.1, -0.05) is 0 Å². The van der Waals surface area contributed by atoms with Crippen LogP contribution in [0.2, 0.25) is 0 Å². The standard InChI is InChI=1S/C9H5F4NO4.C9H6F4O2/c1-18-8(15)4-2-7(14(16)17)6(10)3-5(4)9(11,12)13;1-15-8(14)6-3-2-5(10)4-7(6)9(11,12)13/h2-3H,1H3;2-4H,1H3. The molecular formula is C18H11F8NO6. The van der Waals surface area contributed by atoms with Crippen LogP contribution < -0.4 is 0 Å². The molecule has 0 radical (unpaired) electrons. The Bertz CT molecular complexity index is 1070. The minimum Gasteiger partial charge on any atom is -0.465 e. The molecule has 0 bridgehead atoms. The maximum absolute atomic E-state index is 13.1. The summed E-state index contributed by atoms with van der Waals surface area (Å²) in [6.07, 6.45) is -9.81. The predicted molar refractivity (Wildman–Crippen MR) is 92.1 cm³/mol. The van der Waals surface area contributed by atoms with Crippen LogP contribution in [-0.4, -0.2) is 31.1 Å². The Kier molecular flexibility index (Phi) is 8.44. The zero-order valence-electron chi connectivity index (χ0n) is 16.3. The quantitative estimate of drug-likeness (QED) is 0.256. The summed E-state index contributed by atoms with van der Waals surface area (Å²) in [7, 11) is 1.75. The first-order chi connectivity index (χ1) is 15.0. The molecular weight excluding hydrogens is 478 g/mol. The Balaban J connectivity index is 0.000000335. The van der Waals surface area contributed by atoms with Crippen LogP contribution in [0.4, 0.5) is 40.8 Å². The lowest BCUT2D eigenvalue weighted by molar-refractivity contribution is -0.387. The van der Waals surface area contributed by atoms with Crippen LogP contribution in [0, 0.1) is 21.7 Å².